The number of hydrogen-bond donors (Lipinski definition) is 2. The largest absolute Gasteiger partial charge is 0.417 e. The Bertz CT molecular complexity index is 934. The Hall–Kier alpha value is -3.70. The molecule has 170 valence electrons. The number of amides is 2. The summed E-state index contributed by atoms with van der Waals surface area (Å²) >= 11 is 0. The third kappa shape index (κ3) is 7.52. The van der Waals surface area contributed by atoms with Crippen molar-refractivity contribution in [1.82, 2.24) is 10.9 Å². The van der Waals surface area contributed by atoms with Crippen LogP contribution in [0.25, 0.3) is 0 Å². The van der Waals surface area contributed by atoms with Gasteiger partial charge in [0, 0.05) is 24.0 Å². The first-order valence-corrected chi connectivity index (χ1v) is 8.94. The second-order valence-corrected chi connectivity index (χ2v) is 6.26. The van der Waals surface area contributed by atoms with Crippen LogP contribution >= 0.6 is 0 Å². The average Bonchev–Trinajstić information content (AvgIpc) is 2.71. The fourth-order valence-corrected chi connectivity index (χ4v) is 2.42. The van der Waals surface area contributed by atoms with Gasteiger partial charge in [0.25, 0.3) is 0 Å². The van der Waals surface area contributed by atoms with E-state index in [1.807, 2.05) is 10.9 Å². The minimum atomic E-state index is -4.59. The molecule has 2 rings (SSSR count). The van der Waals surface area contributed by atoms with Crippen molar-refractivity contribution in [1.29, 1.82) is 0 Å². The molecule has 0 saturated heterocycles. The van der Waals surface area contributed by atoms with E-state index >= 15 is 0 Å². The summed E-state index contributed by atoms with van der Waals surface area (Å²) in [4.78, 5) is 23.4. The molecule has 0 aliphatic rings. The summed E-state index contributed by atoms with van der Waals surface area (Å²) in [6.45, 7) is 0. The summed E-state index contributed by atoms with van der Waals surface area (Å²) in [5.74, 6) is -1.51. The predicted molar refractivity (Wildman–Crippen MR) is 104 cm³/mol. The normalized spacial score (nSPS) is 12.3. The predicted octanol–water partition coefficient (Wildman–Crippen LogP) is 4.10. The lowest BCUT2D eigenvalue weighted by Crippen LogP contribution is -2.23. The van der Waals surface area contributed by atoms with E-state index in [2.05, 4.69) is 10.2 Å². The van der Waals surface area contributed by atoms with Crippen molar-refractivity contribution in [3.63, 3.8) is 0 Å². The summed E-state index contributed by atoms with van der Waals surface area (Å²) in [6, 6.07) is 9.22. The number of carbonyl (C=O) groups excluding carboxylic acids is 2. The smallest absolute Gasteiger partial charge is 0.273 e. The molecule has 0 atom stereocenters. The molecule has 0 unspecified atom stereocenters. The molecule has 0 radical (unpaired) electrons. The van der Waals surface area contributed by atoms with E-state index in [0.717, 1.165) is 24.6 Å². The van der Waals surface area contributed by atoms with Crippen molar-refractivity contribution in [2.75, 3.05) is 0 Å². The van der Waals surface area contributed by atoms with E-state index in [1.165, 1.54) is 36.4 Å². The molecule has 0 saturated carbocycles. The summed E-state index contributed by atoms with van der Waals surface area (Å²) in [5.41, 5.74) is 1.61. The maximum Gasteiger partial charge on any atom is 0.417 e. The number of carbonyl (C=O) groups is 2. The molecule has 0 aliphatic heterocycles. The standard InChI is InChI=1S/C20H16F6N4O2/c21-19(22,23)15-7-3-1-5-13(15)11-27-29-17(31)9-10-18(32)30-28-12-14-6-2-4-8-16(14)20(24,25)26/h1-8,11-12H,9-10H2,(H,29,31)(H,30,32)/b27-11+,28-12+. The maximum absolute atomic E-state index is 12.9. The van der Waals surface area contributed by atoms with E-state index in [-0.39, 0.29) is 24.0 Å². The zero-order chi connectivity index (χ0) is 23.8. The number of halogens is 6. The number of nitrogens with one attached hydrogen (secondary N) is 2. The number of hydrazone groups is 2. The van der Waals surface area contributed by atoms with Gasteiger partial charge in [0.15, 0.2) is 0 Å². The highest BCUT2D eigenvalue weighted by Gasteiger charge is 2.33. The SMILES string of the molecule is O=C(CCC(=O)N/N=C/c1ccccc1C(F)(F)F)N/N=C/c1ccccc1C(F)(F)F. The molecule has 32 heavy (non-hydrogen) atoms. The summed E-state index contributed by atoms with van der Waals surface area (Å²) in [7, 11) is 0. The van der Waals surface area contributed by atoms with Gasteiger partial charge in [0.1, 0.15) is 0 Å². The molecule has 0 heterocycles. The lowest BCUT2D eigenvalue weighted by molar-refractivity contribution is -0.138. The lowest BCUT2D eigenvalue weighted by Gasteiger charge is -2.09. The number of benzene rings is 2. The molecule has 0 bridgehead atoms. The van der Waals surface area contributed by atoms with Crippen molar-refractivity contribution in [3.05, 3.63) is 70.8 Å². The molecule has 0 fully saturated rings. The Morgan fingerprint density at radius 1 is 0.688 bits per heavy atom. The van der Waals surface area contributed by atoms with E-state index in [9.17, 15) is 35.9 Å². The van der Waals surface area contributed by atoms with Crippen LogP contribution in [0.5, 0.6) is 0 Å². The van der Waals surface area contributed by atoms with Crippen LogP contribution in [-0.4, -0.2) is 24.2 Å². The summed E-state index contributed by atoms with van der Waals surface area (Å²) in [6.07, 6.45) is -8.29. The van der Waals surface area contributed by atoms with Crippen LogP contribution in [0.1, 0.15) is 35.1 Å². The van der Waals surface area contributed by atoms with Gasteiger partial charge in [-0.1, -0.05) is 36.4 Å². The first-order valence-electron chi connectivity index (χ1n) is 8.94. The van der Waals surface area contributed by atoms with Crippen LogP contribution in [0.15, 0.2) is 58.7 Å². The molecule has 2 N–H and O–H groups in total. The van der Waals surface area contributed by atoms with Gasteiger partial charge in [-0.05, 0) is 12.1 Å². The molecular weight excluding hydrogens is 442 g/mol. The number of nitrogens with zero attached hydrogens (tertiary/aromatic N) is 2. The van der Waals surface area contributed by atoms with Gasteiger partial charge in [0.2, 0.25) is 11.8 Å². The third-order valence-corrected chi connectivity index (χ3v) is 3.90. The second kappa shape index (κ2) is 10.6. The van der Waals surface area contributed by atoms with Crippen LogP contribution < -0.4 is 10.9 Å². The molecule has 2 aromatic rings. The van der Waals surface area contributed by atoms with Crippen LogP contribution in [0.3, 0.4) is 0 Å². The van der Waals surface area contributed by atoms with Gasteiger partial charge in [-0.2, -0.15) is 36.5 Å². The van der Waals surface area contributed by atoms with Crippen LogP contribution in [0, 0.1) is 0 Å². The Morgan fingerprint density at radius 3 is 1.38 bits per heavy atom. The minimum absolute atomic E-state index is 0.258. The molecule has 0 aliphatic carbocycles. The maximum atomic E-state index is 12.9. The molecule has 0 spiro atoms. The number of rotatable bonds is 7. The van der Waals surface area contributed by atoms with Crippen molar-refractivity contribution < 1.29 is 35.9 Å². The summed E-state index contributed by atoms with van der Waals surface area (Å²) < 4.78 is 77.2. The fraction of sp³-hybridized carbons (Fsp3) is 0.200. The summed E-state index contributed by atoms with van der Waals surface area (Å²) in [5, 5.41) is 6.87. The Labute approximate surface area is 178 Å². The molecule has 2 amide bonds. The lowest BCUT2D eigenvalue weighted by atomic mass is 10.1. The molecular formula is C20H16F6N4O2. The Morgan fingerprint density at radius 2 is 1.03 bits per heavy atom. The van der Waals surface area contributed by atoms with E-state index in [1.54, 1.807) is 0 Å². The van der Waals surface area contributed by atoms with Gasteiger partial charge in [-0.3, -0.25) is 9.59 Å². The van der Waals surface area contributed by atoms with E-state index < -0.39 is 35.3 Å². The Balaban J connectivity index is 1.83. The average molecular weight is 458 g/mol. The third-order valence-electron chi connectivity index (χ3n) is 3.90. The van der Waals surface area contributed by atoms with Crippen molar-refractivity contribution in [2.45, 2.75) is 25.2 Å². The first kappa shape index (κ1) is 24.6. The molecule has 2 aromatic carbocycles. The van der Waals surface area contributed by atoms with Crippen LogP contribution in [-0.2, 0) is 21.9 Å². The second-order valence-electron chi connectivity index (χ2n) is 6.26. The highest BCUT2D eigenvalue weighted by Crippen LogP contribution is 2.31. The zero-order valence-corrected chi connectivity index (χ0v) is 16.2. The van der Waals surface area contributed by atoms with Gasteiger partial charge in [-0.15, -0.1) is 0 Å². The quantitative estimate of drug-likeness (QED) is 0.372. The van der Waals surface area contributed by atoms with E-state index in [4.69, 9.17) is 0 Å². The molecule has 0 aromatic heterocycles. The highest BCUT2D eigenvalue weighted by atomic mass is 19.4. The fourth-order valence-electron chi connectivity index (χ4n) is 2.42. The van der Waals surface area contributed by atoms with Gasteiger partial charge >= 0.3 is 12.4 Å². The minimum Gasteiger partial charge on any atom is -0.273 e. The van der Waals surface area contributed by atoms with Gasteiger partial charge < -0.3 is 0 Å². The first-order chi connectivity index (χ1) is 15.0. The van der Waals surface area contributed by atoms with E-state index in [0.29, 0.717) is 0 Å². The van der Waals surface area contributed by atoms with Crippen LogP contribution in [0.4, 0.5) is 26.3 Å². The zero-order valence-electron chi connectivity index (χ0n) is 16.2. The highest BCUT2D eigenvalue weighted by molar-refractivity contribution is 5.87. The van der Waals surface area contributed by atoms with Crippen molar-refractivity contribution >= 4 is 24.2 Å². The van der Waals surface area contributed by atoms with Crippen molar-refractivity contribution in [3.8, 4) is 0 Å². The number of alkyl halides is 6. The van der Waals surface area contributed by atoms with Crippen LogP contribution in [0.2, 0.25) is 0 Å². The van der Waals surface area contributed by atoms with Gasteiger partial charge in [0.05, 0.1) is 23.6 Å². The monoisotopic (exact) mass is 458 g/mol. The van der Waals surface area contributed by atoms with Crippen molar-refractivity contribution in [2.24, 2.45) is 10.2 Å². The molecule has 12 heteroatoms. The number of hydrogen-bond acceptors (Lipinski definition) is 4. The Kier molecular flexibility index (Phi) is 8.10. The van der Waals surface area contributed by atoms with Gasteiger partial charge in [-0.25, -0.2) is 10.9 Å². The topological polar surface area (TPSA) is 82.9 Å². The molecule has 6 nitrogen and oxygen atoms in total.